The van der Waals surface area contributed by atoms with Crippen LogP contribution in [0.2, 0.25) is 0 Å². The average Bonchev–Trinajstić information content (AvgIpc) is 3.10. The van der Waals surface area contributed by atoms with Crippen molar-refractivity contribution < 1.29 is 4.74 Å². The third kappa shape index (κ3) is 1.72. The molecule has 114 valence electrons. The molecule has 1 aliphatic heterocycles. The first-order valence-corrected chi connectivity index (χ1v) is 9.36. The quantitative estimate of drug-likeness (QED) is 0.445. The topological polar surface area (TPSA) is 9.23 Å². The molecule has 1 saturated carbocycles. The molecule has 23 heavy (non-hydrogen) atoms. The summed E-state index contributed by atoms with van der Waals surface area (Å²) in [5.74, 6) is 1.38. The van der Waals surface area contributed by atoms with E-state index in [0.29, 0.717) is 5.92 Å². The summed E-state index contributed by atoms with van der Waals surface area (Å²) in [5.41, 5.74) is 2.21. The molecule has 1 nitrogen and oxygen atoms in total. The number of halogens is 2. The molecule has 3 aromatic rings. The Kier molecular flexibility index (Phi) is 2.82. The second-order valence-corrected chi connectivity index (χ2v) is 9.91. The lowest BCUT2D eigenvalue weighted by Crippen LogP contribution is -2.26. The van der Waals surface area contributed by atoms with Crippen LogP contribution in [0.1, 0.15) is 11.1 Å². The van der Waals surface area contributed by atoms with Crippen LogP contribution in [0.3, 0.4) is 0 Å². The molecule has 2 unspecified atom stereocenters. The second kappa shape index (κ2) is 4.61. The molecule has 5 rings (SSSR count). The predicted octanol–water partition coefficient (Wildman–Crippen LogP) is 5.79. The van der Waals surface area contributed by atoms with Gasteiger partial charge < -0.3 is 4.74 Å². The van der Waals surface area contributed by atoms with Crippen molar-refractivity contribution in [2.45, 2.75) is 15.3 Å². The molecule has 0 radical (unpaired) electrons. The molecule has 0 bridgehead atoms. The second-order valence-electron chi connectivity index (χ2n) is 6.35. The first-order chi connectivity index (χ1) is 11.1. The van der Waals surface area contributed by atoms with Crippen molar-refractivity contribution >= 4 is 42.6 Å². The molecule has 2 atom stereocenters. The Morgan fingerprint density at radius 3 is 2.43 bits per heavy atom. The molecule has 3 aromatic carbocycles. The monoisotopic (exact) mass is 428 g/mol. The van der Waals surface area contributed by atoms with Crippen LogP contribution >= 0.6 is 31.9 Å². The van der Waals surface area contributed by atoms with Gasteiger partial charge in [-0.15, -0.1) is 0 Å². The van der Waals surface area contributed by atoms with Crippen LogP contribution in [0.25, 0.3) is 10.8 Å². The van der Waals surface area contributed by atoms with E-state index in [9.17, 15) is 0 Å². The largest absolute Gasteiger partial charge is 0.479 e. The van der Waals surface area contributed by atoms with E-state index in [0.717, 1.165) is 12.2 Å². The molecular formula is C20H14Br2O. The number of rotatable bonds is 1. The number of fused-ring (bicyclic) bond motifs is 4. The van der Waals surface area contributed by atoms with Crippen molar-refractivity contribution in [2.24, 2.45) is 5.92 Å². The Bertz CT molecular complexity index is 919. The molecule has 0 spiro atoms. The SMILES string of the molecule is BrC1(Br)C2Cc3c(ccc4ccccc34)OC21c1ccccc1. The summed E-state index contributed by atoms with van der Waals surface area (Å²) in [7, 11) is 0. The Hall–Kier alpha value is -1.32. The fourth-order valence-electron chi connectivity index (χ4n) is 4.00. The van der Waals surface area contributed by atoms with Gasteiger partial charge in [0.05, 0.1) is 0 Å². The molecule has 1 heterocycles. The van der Waals surface area contributed by atoms with Gasteiger partial charge in [0.1, 0.15) is 8.98 Å². The molecule has 2 aliphatic rings. The molecule has 3 heteroatoms. The number of hydrogen-bond acceptors (Lipinski definition) is 1. The van der Waals surface area contributed by atoms with E-state index in [1.165, 1.54) is 21.9 Å². The lowest BCUT2D eigenvalue weighted by atomic mass is 9.93. The maximum absolute atomic E-state index is 6.61. The van der Waals surface area contributed by atoms with E-state index < -0.39 is 0 Å². The number of ether oxygens (including phenoxy) is 1. The van der Waals surface area contributed by atoms with Gasteiger partial charge >= 0.3 is 0 Å². The molecule has 0 N–H and O–H groups in total. The highest BCUT2D eigenvalue weighted by atomic mass is 79.9. The van der Waals surface area contributed by atoms with Gasteiger partial charge in [0, 0.05) is 11.5 Å². The summed E-state index contributed by atoms with van der Waals surface area (Å²) >= 11 is 7.78. The fraction of sp³-hybridized carbons (Fsp3) is 0.200. The first kappa shape index (κ1) is 14.1. The van der Waals surface area contributed by atoms with Gasteiger partial charge in [-0.05, 0) is 28.8 Å². The van der Waals surface area contributed by atoms with Crippen molar-refractivity contribution in [3.8, 4) is 5.75 Å². The average molecular weight is 430 g/mol. The van der Waals surface area contributed by atoms with Crippen LogP contribution in [0, 0.1) is 5.92 Å². The molecule has 1 aliphatic carbocycles. The van der Waals surface area contributed by atoms with E-state index in [2.05, 4.69) is 92.5 Å². The van der Waals surface area contributed by atoms with Crippen LogP contribution in [-0.4, -0.2) is 3.23 Å². The minimum Gasteiger partial charge on any atom is -0.479 e. The maximum atomic E-state index is 6.61. The van der Waals surface area contributed by atoms with Crippen molar-refractivity contribution in [3.05, 3.63) is 77.9 Å². The Balaban J connectivity index is 1.70. The molecule has 0 saturated heterocycles. The highest BCUT2D eigenvalue weighted by molar-refractivity contribution is 9.25. The van der Waals surface area contributed by atoms with E-state index in [1.54, 1.807) is 0 Å². The van der Waals surface area contributed by atoms with Gasteiger partial charge in [0.2, 0.25) is 0 Å². The third-order valence-corrected chi connectivity index (χ3v) is 7.50. The number of hydrogen-bond donors (Lipinski definition) is 0. The summed E-state index contributed by atoms with van der Waals surface area (Å²) in [6.45, 7) is 0. The summed E-state index contributed by atoms with van der Waals surface area (Å²) in [4.78, 5) is 0. The van der Waals surface area contributed by atoms with Crippen molar-refractivity contribution in [2.75, 3.05) is 0 Å². The zero-order valence-corrected chi connectivity index (χ0v) is 15.5. The van der Waals surface area contributed by atoms with E-state index in [1.807, 2.05) is 6.07 Å². The summed E-state index contributed by atoms with van der Waals surface area (Å²) < 4.78 is 6.40. The van der Waals surface area contributed by atoms with E-state index in [4.69, 9.17) is 4.74 Å². The molecule has 0 aromatic heterocycles. The van der Waals surface area contributed by atoms with Gasteiger partial charge in [0.15, 0.2) is 5.60 Å². The standard InChI is InChI=1S/C20H14Br2O/c21-20(22)18-12-16-15-9-5-4-6-13(15)10-11-17(16)23-19(18,20)14-7-2-1-3-8-14/h1-11,18H,12H2. The zero-order chi connectivity index (χ0) is 15.7. The van der Waals surface area contributed by atoms with Crippen LogP contribution in [0.5, 0.6) is 5.75 Å². The third-order valence-electron chi connectivity index (χ3n) is 5.22. The molecule has 0 amide bonds. The molecular weight excluding hydrogens is 416 g/mol. The Morgan fingerprint density at radius 1 is 0.870 bits per heavy atom. The van der Waals surface area contributed by atoms with Gasteiger partial charge in [0.25, 0.3) is 0 Å². The predicted molar refractivity (Wildman–Crippen MR) is 100 cm³/mol. The van der Waals surface area contributed by atoms with Crippen LogP contribution in [0.4, 0.5) is 0 Å². The zero-order valence-electron chi connectivity index (χ0n) is 12.3. The van der Waals surface area contributed by atoms with Crippen molar-refractivity contribution in [1.82, 2.24) is 0 Å². The highest BCUT2D eigenvalue weighted by Gasteiger charge is 2.79. The van der Waals surface area contributed by atoms with E-state index in [-0.39, 0.29) is 8.83 Å². The van der Waals surface area contributed by atoms with Gasteiger partial charge in [-0.2, -0.15) is 0 Å². The normalized spacial score (nSPS) is 27.0. The molecule has 1 fully saturated rings. The summed E-state index contributed by atoms with van der Waals surface area (Å²) in [5, 5.41) is 2.58. The smallest absolute Gasteiger partial charge is 0.165 e. The summed E-state index contributed by atoms with van der Waals surface area (Å²) in [6, 6.07) is 23.3. The maximum Gasteiger partial charge on any atom is 0.165 e. The minimum absolute atomic E-state index is 0.214. The lowest BCUT2D eigenvalue weighted by Gasteiger charge is -2.28. The first-order valence-electron chi connectivity index (χ1n) is 7.77. The van der Waals surface area contributed by atoms with Crippen LogP contribution in [-0.2, 0) is 12.0 Å². The summed E-state index contributed by atoms with van der Waals surface area (Å²) in [6.07, 6.45) is 1.00. The van der Waals surface area contributed by atoms with E-state index >= 15 is 0 Å². The van der Waals surface area contributed by atoms with Gasteiger partial charge in [-0.3, -0.25) is 0 Å². The Labute approximate surface area is 151 Å². The van der Waals surface area contributed by atoms with Crippen molar-refractivity contribution in [3.63, 3.8) is 0 Å². The number of alkyl halides is 2. The van der Waals surface area contributed by atoms with Crippen LogP contribution in [0.15, 0.2) is 66.7 Å². The van der Waals surface area contributed by atoms with Gasteiger partial charge in [-0.1, -0.05) is 92.5 Å². The van der Waals surface area contributed by atoms with Crippen LogP contribution < -0.4 is 4.74 Å². The highest BCUT2D eigenvalue weighted by Crippen LogP contribution is 2.75. The lowest BCUT2D eigenvalue weighted by molar-refractivity contribution is 0.146. The number of benzene rings is 3. The minimum atomic E-state index is -0.330. The fourth-order valence-corrected chi connectivity index (χ4v) is 5.91. The Morgan fingerprint density at radius 2 is 1.61 bits per heavy atom. The van der Waals surface area contributed by atoms with Crippen molar-refractivity contribution in [1.29, 1.82) is 0 Å². The van der Waals surface area contributed by atoms with Gasteiger partial charge in [-0.25, -0.2) is 0 Å².